The molecule has 0 saturated carbocycles. The highest BCUT2D eigenvalue weighted by molar-refractivity contribution is 7.17. The molecule has 7 heteroatoms. The lowest BCUT2D eigenvalue weighted by molar-refractivity contribution is 0.103. The number of carbonyl (C=O) groups excluding carboxylic acids is 1. The number of nitrogen functional groups attached to an aromatic ring is 1. The van der Waals surface area contributed by atoms with Gasteiger partial charge in [-0.2, -0.15) is 0 Å². The Hall–Kier alpha value is -1.30. The predicted molar refractivity (Wildman–Crippen MR) is 75.7 cm³/mol. The molecule has 0 aliphatic carbocycles. The van der Waals surface area contributed by atoms with Crippen LogP contribution in [0.4, 0.5) is 10.8 Å². The van der Waals surface area contributed by atoms with Gasteiger partial charge in [0.2, 0.25) is 0 Å². The van der Waals surface area contributed by atoms with Gasteiger partial charge >= 0.3 is 0 Å². The molecular formula is C11H9Cl2N3OS. The highest BCUT2D eigenvalue weighted by Crippen LogP contribution is 2.27. The number of benzene rings is 1. The largest absolute Gasteiger partial charge is 0.375 e. The smallest absolute Gasteiger partial charge is 0.267 e. The Morgan fingerprint density at radius 2 is 2.17 bits per heavy atom. The van der Waals surface area contributed by atoms with Crippen molar-refractivity contribution in [3.63, 3.8) is 0 Å². The summed E-state index contributed by atoms with van der Waals surface area (Å²) >= 11 is 12.9. The van der Waals surface area contributed by atoms with Crippen molar-refractivity contribution in [1.29, 1.82) is 0 Å². The molecule has 2 aromatic rings. The zero-order chi connectivity index (χ0) is 13.3. The maximum absolute atomic E-state index is 12.0. The van der Waals surface area contributed by atoms with E-state index in [9.17, 15) is 4.79 Å². The number of aryl methyl sites for hydroxylation is 1. The van der Waals surface area contributed by atoms with Gasteiger partial charge in [-0.25, -0.2) is 4.98 Å². The summed E-state index contributed by atoms with van der Waals surface area (Å²) in [6.45, 7) is 1.72. The summed E-state index contributed by atoms with van der Waals surface area (Å²) < 4.78 is 0. The fraction of sp³-hybridized carbons (Fsp3) is 0.0909. The normalized spacial score (nSPS) is 10.4. The van der Waals surface area contributed by atoms with Crippen molar-refractivity contribution in [3.8, 4) is 0 Å². The second-order valence-electron chi connectivity index (χ2n) is 3.54. The first-order valence-corrected chi connectivity index (χ1v) is 6.54. The van der Waals surface area contributed by atoms with Gasteiger partial charge in [-0.05, 0) is 25.1 Å². The van der Waals surface area contributed by atoms with Crippen molar-refractivity contribution in [2.75, 3.05) is 11.1 Å². The van der Waals surface area contributed by atoms with Crippen LogP contribution in [0.25, 0.3) is 0 Å². The van der Waals surface area contributed by atoms with E-state index in [-0.39, 0.29) is 5.91 Å². The Labute approximate surface area is 118 Å². The average molecular weight is 302 g/mol. The molecule has 1 amide bonds. The van der Waals surface area contributed by atoms with Crippen LogP contribution in [-0.4, -0.2) is 10.9 Å². The molecular weight excluding hydrogens is 293 g/mol. The van der Waals surface area contributed by atoms with Gasteiger partial charge in [0.1, 0.15) is 4.88 Å². The fourth-order valence-corrected chi connectivity index (χ4v) is 2.47. The molecule has 1 aromatic heterocycles. The molecule has 3 N–H and O–H groups in total. The standard InChI is InChI=1S/C11H9Cl2N3OS/c1-5-9(18-11(14)15-5)10(17)16-8-4-6(12)2-3-7(8)13/h2-4H,1H3,(H2,14,15)(H,16,17). The van der Waals surface area contributed by atoms with Gasteiger partial charge < -0.3 is 11.1 Å². The first-order valence-electron chi connectivity index (χ1n) is 4.96. The van der Waals surface area contributed by atoms with Crippen LogP contribution in [0.1, 0.15) is 15.4 Å². The molecule has 94 valence electrons. The van der Waals surface area contributed by atoms with Crippen molar-refractivity contribution < 1.29 is 4.79 Å². The molecule has 0 aliphatic heterocycles. The summed E-state index contributed by atoms with van der Waals surface area (Å²) in [5, 5.41) is 3.95. The monoisotopic (exact) mass is 301 g/mol. The molecule has 2 rings (SSSR count). The Bertz CT molecular complexity index is 612. The van der Waals surface area contributed by atoms with Gasteiger partial charge in [0, 0.05) is 5.02 Å². The first kappa shape index (κ1) is 13.1. The molecule has 0 bridgehead atoms. The van der Waals surface area contributed by atoms with E-state index >= 15 is 0 Å². The number of hydrogen-bond acceptors (Lipinski definition) is 4. The van der Waals surface area contributed by atoms with Gasteiger partial charge in [-0.3, -0.25) is 4.79 Å². The lowest BCUT2D eigenvalue weighted by Crippen LogP contribution is -2.11. The van der Waals surface area contributed by atoms with Gasteiger partial charge in [-0.15, -0.1) is 0 Å². The molecule has 0 unspecified atom stereocenters. The third-order valence-electron chi connectivity index (χ3n) is 2.20. The minimum absolute atomic E-state index is 0.300. The van der Waals surface area contributed by atoms with Crippen molar-refractivity contribution in [2.24, 2.45) is 0 Å². The van der Waals surface area contributed by atoms with Gasteiger partial charge in [0.25, 0.3) is 5.91 Å². The van der Waals surface area contributed by atoms with Crippen molar-refractivity contribution >= 4 is 51.3 Å². The quantitative estimate of drug-likeness (QED) is 0.890. The molecule has 1 aromatic carbocycles. The minimum atomic E-state index is -0.300. The number of rotatable bonds is 2. The topological polar surface area (TPSA) is 68.0 Å². The van der Waals surface area contributed by atoms with Crippen LogP contribution in [-0.2, 0) is 0 Å². The van der Waals surface area contributed by atoms with E-state index in [1.54, 1.807) is 25.1 Å². The molecule has 0 spiro atoms. The van der Waals surface area contributed by atoms with Crippen molar-refractivity contribution in [2.45, 2.75) is 6.92 Å². The van der Waals surface area contributed by atoms with Gasteiger partial charge in [-0.1, -0.05) is 34.5 Å². The number of carbonyl (C=O) groups is 1. The summed E-state index contributed by atoms with van der Waals surface area (Å²) in [5.41, 5.74) is 6.59. The maximum atomic E-state index is 12.0. The number of nitrogens with two attached hydrogens (primary N) is 1. The second-order valence-corrected chi connectivity index (χ2v) is 5.42. The third kappa shape index (κ3) is 2.75. The van der Waals surface area contributed by atoms with E-state index in [4.69, 9.17) is 28.9 Å². The Balaban J connectivity index is 2.26. The fourth-order valence-electron chi connectivity index (χ4n) is 1.40. The van der Waals surface area contributed by atoms with Crippen LogP contribution in [0, 0.1) is 6.92 Å². The van der Waals surface area contributed by atoms with E-state index < -0.39 is 0 Å². The second kappa shape index (κ2) is 5.14. The van der Waals surface area contributed by atoms with E-state index in [0.717, 1.165) is 11.3 Å². The zero-order valence-electron chi connectivity index (χ0n) is 9.33. The minimum Gasteiger partial charge on any atom is -0.375 e. The summed E-state index contributed by atoms with van der Waals surface area (Å²) in [5.74, 6) is -0.300. The van der Waals surface area contributed by atoms with Gasteiger partial charge in [0.15, 0.2) is 5.13 Å². The molecule has 0 atom stereocenters. The number of hydrogen-bond donors (Lipinski definition) is 2. The van der Waals surface area contributed by atoms with Crippen LogP contribution in [0.15, 0.2) is 18.2 Å². The molecule has 0 radical (unpaired) electrons. The van der Waals surface area contributed by atoms with E-state index in [0.29, 0.717) is 31.4 Å². The first-order chi connectivity index (χ1) is 8.47. The average Bonchev–Trinajstić information content (AvgIpc) is 2.63. The molecule has 0 saturated heterocycles. The highest BCUT2D eigenvalue weighted by Gasteiger charge is 2.15. The Kier molecular flexibility index (Phi) is 3.75. The van der Waals surface area contributed by atoms with Crippen molar-refractivity contribution in [3.05, 3.63) is 38.8 Å². The number of anilines is 2. The van der Waals surface area contributed by atoms with Gasteiger partial charge in [0.05, 0.1) is 16.4 Å². The van der Waals surface area contributed by atoms with Crippen LogP contribution in [0.2, 0.25) is 10.0 Å². The summed E-state index contributed by atoms with van der Waals surface area (Å²) in [4.78, 5) is 16.5. The van der Waals surface area contributed by atoms with E-state index in [1.807, 2.05) is 0 Å². The molecule has 18 heavy (non-hydrogen) atoms. The lowest BCUT2D eigenvalue weighted by Gasteiger charge is -2.06. The summed E-state index contributed by atoms with van der Waals surface area (Å²) in [6.07, 6.45) is 0. The number of nitrogens with zero attached hydrogens (tertiary/aromatic N) is 1. The van der Waals surface area contributed by atoms with Crippen molar-refractivity contribution in [1.82, 2.24) is 4.98 Å². The lowest BCUT2D eigenvalue weighted by atomic mass is 10.3. The molecule has 0 aliphatic rings. The number of nitrogens with one attached hydrogen (secondary N) is 1. The maximum Gasteiger partial charge on any atom is 0.267 e. The number of amides is 1. The SMILES string of the molecule is Cc1nc(N)sc1C(=O)Nc1cc(Cl)ccc1Cl. The van der Waals surface area contributed by atoms with E-state index in [1.165, 1.54) is 0 Å². The Morgan fingerprint density at radius 3 is 2.78 bits per heavy atom. The third-order valence-corrected chi connectivity index (χ3v) is 3.75. The molecule has 4 nitrogen and oxygen atoms in total. The van der Waals surface area contributed by atoms with Crippen LogP contribution in [0.3, 0.4) is 0 Å². The van der Waals surface area contributed by atoms with Crippen LogP contribution < -0.4 is 11.1 Å². The summed E-state index contributed by atoms with van der Waals surface area (Å²) in [7, 11) is 0. The molecule has 0 fully saturated rings. The van der Waals surface area contributed by atoms with Crippen LogP contribution in [0.5, 0.6) is 0 Å². The highest BCUT2D eigenvalue weighted by atomic mass is 35.5. The number of aromatic nitrogens is 1. The number of thiazole rings is 1. The zero-order valence-corrected chi connectivity index (χ0v) is 11.7. The van der Waals surface area contributed by atoms with Crippen LogP contribution >= 0.6 is 34.5 Å². The summed E-state index contributed by atoms with van der Waals surface area (Å²) in [6, 6.07) is 4.85. The van der Waals surface area contributed by atoms with E-state index in [2.05, 4.69) is 10.3 Å². The molecule has 1 heterocycles. The predicted octanol–water partition coefficient (Wildman–Crippen LogP) is 3.59. The Morgan fingerprint density at radius 1 is 1.44 bits per heavy atom. The number of halogens is 2.